The molecule has 0 saturated carbocycles. The molecule has 22 heavy (non-hydrogen) atoms. The lowest BCUT2D eigenvalue weighted by Gasteiger charge is -2.37. The van der Waals surface area contributed by atoms with Crippen LogP contribution in [-0.2, 0) is 4.79 Å². The van der Waals surface area contributed by atoms with Crippen molar-refractivity contribution in [3.63, 3.8) is 0 Å². The van der Waals surface area contributed by atoms with Crippen molar-refractivity contribution >= 4 is 5.97 Å². The van der Waals surface area contributed by atoms with Gasteiger partial charge in [0.1, 0.15) is 0 Å². The average molecular weight is 308 g/mol. The molecule has 0 saturated heterocycles. The van der Waals surface area contributed by atoms with Crippen LogP contribution in [0.25, 0.3) is 0 Å². The highest BCUT2D eigenvalue weighted by atomic mass is 16.4. The van der Waals surface area contributed by atoms with Gasteiger partial charge in [-0.3, -0.25) is 4.79 Å². The SMILES string of the molecule is C[C@H]1C=CC2=CCCCC2[C@H]1CC[C@@H](O)C[C@@H](O)CC(=O)O. The number of hydrogen-bond donors (Lipinski definition) is 3. The van der Waals surface area contributed by atoms with Gasteiger partial charge in [0, 0.05) is 0 Å². The Morgan fingerprint density at radius 2 is 2.14 bits per heavy atom. The highest BCUT2D eigenvalue weighted by Gasteiger charge is 2.32. The quantitative estimate of drug-likeness (QED) is 0.676. The topological polar surface area (TPSA) is 77.8 Å². The maximum atomic E-state index is 10.5. The lowest BCUT2D eigenvalue weighted by molar-refractivity contribution is -0.139. The number of aliphatic hydroxyl groups excluding tert-OH is 2. The lowest BCUT2D eigenvalue weighted by atomic mass is 9.68. The normalized spacial score (nSPS) is 30.3. The fourth-order valence-electron chi connectivity index (χ4n) is 3.92. The van der Waals surface area contributed by atoms with Crippen molar-refractivity contribution in [2.75, 3.05) is 0 Å². The number of carboxylic acid groups (broad SMARTS) is 1. The van der Waals surface area contributed by atoms with Gasteiger partial charge in [-0.2, -0.15) is 0 Å². The Kier molecular flexibility index (Phi) is 6.21. The van der Waals surface area contributed by atoms with Crippen LogP contribution in [0, 0.1) is 17.8 Å². The van der Waals surface area contributed by atoms with Crippen LogP contribution in [0.3, 0.4) is 0 Å². The van der Waals surface area contributed by atoms with Crippen molar-refractivity contribution in [3.05, 3.63) is 23.8 Å². The van der Waals surface area contributed by atoms with E-state index >= 15 is 0 Å². The van der Waals surface area contributed by atoms with E-state index in [1.165, 1.54) is 24.8 Å². The fourth-order valence-corrected chi connectivity index (χ4v) is 3.92. The first-order valence-electron chi connectivity index (χ1n) is 8.43. The van der Waals surface area contributed by atoms with E-state index in [1.54, 1.807) is 0 Å². The van der Waals surface area contributed by atoms with E-state index in [4.69, 9.17) is 5.11 Å². The molecule has 0 bridgehead atoms. The monoisotopic (exact) mass is 308 g/mol. The highest BCUT2D eigenvalue weighted by molar-refractivity contribution is 5.67. The summed E-state index contributed by atoms with van der Waals surface area (Å²) in [7, 11) is 0. The number of rotatable bonds is 7. The molecule has 0 fully saturated rings. The summed E-state index contributed by atoms with van der Waals surface area (Å²) in [5, 5.41) is 28.3. The second-order valence-corrected chi connectivity index (χ2v) is 6.84. The second kappa shape index (κ2) is 7.93. The predicted octanol–water partition coefficient (Wildman–Crippen LogP) is 2.90. The van der Waals surface area contributed by atoms with Crippen LogP contribution in [-0.4, -0.2) is 33.5 Å². The molecule has 0 amide bonds. The Hall–Kier alpha value is -1.13. The van der Waals surface area contributed by atoms with Gasteiger partial charge in [-0.1, -0.05) is 25.2 Å². The third-order valence-electron chi connectivity index (χ3n) is 5.10. The molecular formula is C18H28O4. The van der Waals surface area contributed by atoms with Gasteiger partial charge in [0.15, 0.2) is 0 Å². The van der Waals surface area contributed by atoms with Crippen molar-refractivity contribution in [1.29, 1.82) is 0 Å². The molecule has 0 heterocycles. The van der Waals surface area contributed by atoms with Crippen molar-refractivity contribution in [3.8, 4) is 0 Å². The van der Waals surface area contributed by atoms with Crippen molar-refractivity contribution < 1.29 is 20.1 Å². The van der Waals surface area contributed by atoms with Crippen LogP contribution in [0.15, 0.2) is 23.8 Å². The summed E-state index contributed by atoms with van der Waals surface area (Å²) in [6.45, 7) is 2.23. The molecule has 0 radical (unpaired) electrons. The molecule has 0 spiro atoms. The number of aliphatic hydroxyl groups is 2. The van der Waals surface area contributed by atoms with Gasteiger partial charge < -0.3 is 15.3 Å². The van der Waals surface area contributed by atoms with Crippen LogP contribution < -0.4 is 0 Å². The summed E-state index contributed by atoms with van der Waals surface area (Å²) in [4.78, 5) is 10.5. The minimum absolute atomic E-state index is 0.149. The van der Waals surface area contributed by atoms with E-state index in [1.807, 2.05) is 0 Å². The van der Waals surface area contributed by atoms with E-state index in [-0.39, 0.29) is 12.8 Å². The first-order chi connectivity index (χ1) is 10.5. The van der Waals surface area contributed by atoms with E-state index < -0.39 is 18.2 Å². The molecule has 2 aliphatic carbocycles. The summed E-state index contributed by atoms with van der Waals surface area (Å²) in [5.74, 6) is 0.631. The number of allylic oxidation sites excluding steroid dienone is 4. The lowest BCUT2D eigenvalue weighted by Crippen LogP contribution is -2.29. The van der Waals surface area contributed by atoms with Gasteiger partial charge in [-0.15, -0.1) is 0 Å². The summed E-state index contributed by atoms with van der Waals surface area (Å²) in [5.41, 5.74) is 1.45. The van der Waals surface area contributed by atoms with Crippen molar-refractivity contribution in [1.82, 2.24) is 0 Å². The summed E-state index contributed by atoms with van der Waals surface area (Å²) >= 11 is 0. The molecule has 124 valence electrons. The Morgan fingerprint density at radius 3 is 2.86 bits per heavy atom. The Morgan fingerprint density at radius 1 is 1.36 bits per heavy atom. The van der Waals surface area contributed by atoms with Gasteiger partial charge in [-0.05, 0) is 61.9 Å². The molecule has 3 N–H and O–H groups in total. The van der Waals surface area contributed by atoms with E-state index in [0.717, 1.165) is 6.42 Å². The fraction of sp³-hybridized carbons (Fsp3) is 0.722. The second-order valence-electron chi connectivity index (χ2n) is 6.84. The predicted molar refractivity (Wildman–Crippen MR) is 85.3 cm³/mol. The number of carbonyl (C=O) groups is 1. The Labute approximate surface area is 132 Å². The largest absolute Gasteiger partial charge is 0.481 e. The third-order valence-corrected chi connectivity index (χ3v) is 5.10. The maximum Gasteiger partial charge on any atom is 0.305 e. The van der Waals surface area contributed by atoms with E-state index in [9.17, 15) is 15.0 Å². The molecular weight excluding hydrogens is 280 g/mol. The highest BCUT2D eigenvalue weighted by Crippen LogP contribution is 2.42. The average Bonchev–Trinajstić information content (AvgIpc) is 2.45. The zero-order valence-corrected chi connectivity index (χ0v) is 13.3. The first kappa shape index (κ1) is 17.2. The molecule has 4 nitrogen and oxygen atoms in total. The van der Waals surface area contributed by atoms with Crippen LogP contribution >= 0.6 is 0 Å². The molecule has 2 aliphatic rings. The molecule has 4 heteroatoms. The van der Waals surface area contributed by atoms with E-state index in [0.29, 0.717) is 24.2 Å². The van der Waals surface area contributed by atoms with Gasteiger partial charge >= 0.3 is 5.97 Å². The maximum absolute atomic E-state index is 10.5. The van der Waals surface area contributed by atoms with Crippen LogP contribution in [0.5, 0.6) is 0 Å². The van der Waals surface area contributed by atoms with Crippen molar-refractivity contribution in [2.45, 2.75) is 64.1 Å². The minimum Gasteiger partial charge on any atom is -0.481 e. The molecule has 0 aromatic heterocycles. The first-order valence-corrected chi connectivity index (χ1v) is 8.43. The summed E-state index contributed by atoms with van der Waals surface area (Å²) in [6, 6.07) is 0. The molecule has 5 atom stereocenters. The smallest absolute Gasteiger partial charge is 0.305 e. The number of fused-ring (bicyclic) bond motifs is 1. The standard InChI is InChI=1S/C18H28O4/c1-12-6-7-13-4-2-3-5-17(13)16(12)9-8-14(19)10-15(20)11-18(21)22/h4,6-7,12,14-17,19-20H,2-3,5,8-11H2,1H3,(H,21,22)/t12-,14+,15+,16-,17?/m0/s1. The third kappa shape index (κ3) is 4.68. The van der Waals surface area contributed by atoms with Crippen LogP contribution in [0.4, 0.5) is 0 Å². The van der Waals surface area contributed by atoms with Gasteiger partial charge in [0.25, 0.3) is 0 Å². The summed E-state index contributed by atoms with van der Waals surface area (Å²) in [6.07, 6.45) is 10.3. The van der Waals surface area contributed by atoms with E-state index in [2.05, 4.69) is 25.2 Å². The zero-order chi connectivity index (χ0) is 16.1. The summed E-state index contributed by atoms with van der Waals surface area (Å²) < 4.78 is 0. The molecule has 0 aliphatic heterocycles. The Bertz CT molecular complexity index is 440. The van der Waals surface area contributed by atoms with Crippen molar-refractivity contribution in [2.24, 2.45) is 17.8 Å². The van der Waals surface area contributed by atoms with Gasteiger partial charge in [0.05, 0.1) is 18.6 Å². The Balaban J connectivity index is 1.84. The van der Waals surface area contributed by atoms with Crippen LogP contribution in [0.2, 0.25) is 0 Å². The van der Waals surface area contributed by atoms with Gasteiger partial charge in [0.2, 0.25) is 0 Å². The number of carboxylic acids is 1. The molecule has 1 unspecified atom stereocenters. The van der Waals surface area contributed by atoms with Gasteiger partial charge in [-0.25, -0.2) is 0 Å². The van der Waals surface area contributed by atoms with Crippen LogP contribution in [0.1, 0.15) is 51.9 Å². The molecule has 0 aromatic carbocycles. The zero-order valence-electron chi connectivity index (χ0n) is 13.3. The molecule has 0 aromatic rings. The number of aliphatic carboxylic acids is 1. The number of hydrogen-bond acceptors (Lipinski definition) is 3. The molecule has 2 rings (SSSR count). The minimum atomic E-state index is -1.03.